The van der Waals surface area contributed by atoms with Gasteiger partial charge in [0, 0.05) is 6.42 Å². The minimum absolute atomic E-state index is 0.0814. The van der Waals surface area contributed by atoms with E-state index in [-0.39, 0.29) is 12.1 Å². The van der Waals surface area contributed by atoms with Crippen molar-refractivity contribution in [2.75, 3.05) is 0 Å². The molecule has 47 heavy (non-hydrogen) atoms. The van der Waals surface area contributed by atoms with E-state index in [1.54, 1.807) is 0 Å². The average Bonchev–Trinajstić information content (AvgIpc) is 3.40. The van der Waals surface area contributed by atoms with Crippen LogP contribution in [-0.4, -0.2) is 12.1 Å². The fourth-order valence-corrected chi connectivity index (χ4v) is 11.9. The normalized spacial score (nSPS) is 34.3. The van der Waals surface area contributed by atoms with E-state index in [0.717, 1.165) is 60.7 Å². The van der Waals surface area contributed by atoms with Crippen LogP contribution in [0.25, 0.3) is 0 Å². The molecule has 0 amide bonds. The summed E-state index contributed by atoms with van der Waals surface area (Å²) in [4.78, 5) is 12.8. The fourth-order valence-electron chi connectivity index (χ4n) is 11.9. The Morgan fingerprint density at radius 3 is 2.04 bits per heavy atom. The maximum Gasteiger partial charge on any atom is 0.306 e. The van der Waals surface area contributed by atoms with Crippen LogP contribution in [0.4, 0.5) is 0 Å². The van der Waals surface area contributed by atoms with E-state index < -0.39 is 0 Å². The van der Waals surface area contributed by atoms with Crippen molar-refractivity contribution in [1.29, 1.82) is 0 Å². The van der Waals surface area contributed by atoms with E-state index in [9.17, 15) is 4.79 Å². The predicted octanol–water partition coefficient (Wildman–Crippen LogP) is 14.1. The third-order valence-electron chi connectivity index (χ3n) is 14.8. The maximum atomic E-state index is 12.8. The molecule has 0 saturated heterocycles. The summed E-state index contributed by atoms with van der Waals surface area (Å²) in [7, 11) is 0. The van der Waals surface area contributed by atoms with Crippen molar-refractivity contribution >= 4 is 5.97 Å². The van der Waals surface area contributed by atoms with Crippen molar-refractivity contribution in [2.45, 2.75) is 215 Å². The number of ether oxygens (including phenoxy) is 1. The van der Waals surface area contributed by atoms with Gasteiger partial charge in [0.25, 0.3) is 0 Å². The monoisotopic (exact) mass is 653 g/mol. The number of hydrogen-bond donors (Lipinski definition) is 0. The second-order valence-corrected chi connectivity index (χ2v) is 18.4. The highest BCUT2D eigenvalue weighted by atomic mass is 16.5. The van der Waals surface area contributed by atoms with Gasteiger partial charge in [-0.25, -0.2) is 0 Å². The highest BCUT2D eigenvalue weighted by Gasteiger charge is 2.60. The molecule has 4 rings (SSSR count). The molecule has 9 atom stereocenters. The summed E-state index contributed by atoms with van der Waals surface area (Å²) in [5.41, 5.74) is 1.05. The standard InChI is InChI=1S/C45H80O2/c1-7-8-9-10-11-12-13-14-15-16-17-18-19-20-21-25-43(46)47-38-30-32-44(5)37(34-38)26-27-39-41-29-28-40(36(4)24-22-23-35(2)3)45(41,6)33-31-42(39)44/h14-15,35-42H,7-13,16-34H2,1-6H3/b15-14-/t36-,37?,38?,39+,40-,41+,42+,44+,45-/m1/s1. The van der Waals surface area contributed by atoms with Crippen LogP contribution in [0.1, 0.15) is 208 Å². The molecule has 0 aromatic rings. The number of carbonyl (C=O) groups excluding carboxylic acids is 1. The molecule has 0 heterocycles. The zero-order chi connectivity index (χ0) is 33.7. The van der Waals surface area contributed by atoms with E-state index in [1.807, 2.05) is 0 Å². The summed E-state index contributed by atoms with van der Waals surface area (Å²) >= 11 is 0. The van der Waals surface area contributed by atoms with Crippen molar-refractivity contribution in [1.82, 2.24) is 0 Å². The highest BCUT2D eigenvalue weighted by Crippen LogP contribution is 2.68. The molecule has 0 bridgehead atoms. The summed E-state index contributed by atoms with van der Waals surface area (Å²) in [6, 6.07) is 0. The van der Waals surface area contributed by atoms with Gasteiger partial charge in [0.1, 0.15) is 6.10 Å². The molecule has 272 valence electrons. The van der Waals surface area contributed by atoms with Gasteiger partial charge in [0.2, 0.25) is 0 Å². The Balaban J connectivity index is 1.10. The summed E-state index contributed by atoms with van der Waals surface area (Å²) in [5, 5.41) is 0. The van der Waals surface area contributed by atoms with E-state index in [4.69, 9.17) is 4.74 Å². The molecule has 2 heteroatoms. The van der Waals surface area contributed by atoms with Crippen LogP contribution in [0, 0.1) is 52.3 Å². The largest absolute Gasteiger partial charge is 0.462 e. The van der Waals surface area contributed by atoms with Gasteiger partial charge in [-0.15, -0.1) is 0 Å². The first-order chi connectivity index (χ1) is 22.7. The zero-order valence-corrected chi connectivity index (χ0v) is 32.5. The van der Waals surface area contributed by atoms with Crippen molar-refractivity contribution in [2.24, 2.45) is 52.3 Å². The molecule has 0 aromatic heterocycles. The molecule has 0 aliphatic heterocycles. The molecule has 0 spiro atoms. The molecule has 4 aliphatic rings. The van der Waals surface area contributed by atoms with Crippen LogP contribution in [0.2, 0.25) is 0 Å². The summed E-state index contributed by atoms with van der Waals surface area (Å²) in [5.74, 6) is 6.33. The van der Waals surface area contributed by atoms with Gasteiger partial charge in [-0.1, -0.05) is 124 Å². The summed E-state index contributed by atoms with van der Waals surface area (Å²) in [6.45, 7) is 15.0. The van der Waals surface area contributed by atoms with E-state index in [2.05, 4.69) is 53.7 Å². The van der Waals surface area contributed by atoms with Gasteiger partial charge in [-0.2, -0.15) is 0 Å². The van der Waals surface area contributed by atoms with Crippen LogP contribution < -0.4 is 0 Å². The van der Waals surface area contributed by atoms with Crippen LogP contribution in [0.15, 0.2) is 12.2 Å². The summed E-state index contributed by atoms with van der Waals surface area (Å²) in [6.07, 6.45) is 38.9. The summed E-state index contributed by atoms with van der Waals surface area (Å²) < 4.78 is 6.17. The number of allylic oxidation sites excluding steroid dienone is 2. The molecule has 2 nitrogen and oxygen atoms in total. The Morgan fingerprint density at radius 1 is 0.702 bits per heavy atom. The first-order valence-electron chi connectivity index (χ1n) is 21.5. The minimum Gasteiger partial charge on any atom is -0.462 e. The lowest BCUT2D eigenvalue weighted by molar-refractivity contribution is -0.162. The Hall–Kier alpha value is -0.790. The maximum absolute atomic E-state index is 12.8. The lowest BCUT2D eigenvalue weighted by atomic mass is 9.44. The number of hydrogen-bond acceptors (Lipinski definition) is 2. The quantitative estimate of drug-likeness (QED) is 0.0700. The van der Waals surface area contributed by atoms with Gasteiger partial charge >= 0.3 is 5.97 Å². The number of unbranched alkanes of at least 4 members (excludes halogenated alkanes) is 11. The number of rotatable bonds is 21. The molecule has 4 fully saturated rings. The Morgan fingerprint density at radius 2 is 1.34 bits per heavy atom. The van der Waals surface area contributed by atoms with E-state index in [1.165, 1.54) is 141 Å². The van der Waals surface area contributed by atoms with Crippen LogP contribution >= 0.6 is 0 Å². The van der Waals surface area contributed by atoms with Crippen molar-refractivity contribution in [3.63, 3.8) is 0 Å². The molecular formula is C45H80O2. The first-order valence-corrected chi connectivity index (χ1v) is 21.5. The fraction of sp³-hybridized carbons (Fsp3) is 0.933. The second-order valence-electron chi connectivity index (χ2n) is 18.4. The van der Waals surface area contributed by atoms with Crippen molar-refractivity contribution < 1.29 is 9.53 Å². The molecule has 0 N–H and O–H groups in total. The molecule has 4 aliphatic carbocycles. The van der Waals surface area contributed by atoms with Crippen LogP contribution in [0.3, 0.4) is 0 Å². The van der Waals surface area contributed by atoms with Gasteiger partial charge in [-0.3, -0.25) is 4.79 Å². The zero-order valence-electron chi connectivity index (χ0n) is 32.5. The Kier molecular flexibility index (Phi) is 16.2. The highest BCUT2D eigenvalue weighted by molar-refractivity contribution is 5.69. The number of fused-ring (bicyclic) bond motifs is 5. The molecule has 2 unspecified atom stereocenters. The topological polar surface area (TPSA) is 26.3 Å². The van der Waals surface area contributed by atoms with Gasteiger partial charge in [0.05, 0.1) is 0 Å². The van der Waals surface area contributed by atoms with E-state index in [0.29, 0.717) is 17.3 Å². The molecule has 4 saturated carbocycles. The minimum atomic E-state index is 0.0814. The third-order valence-corrected chi connectivity index (χ3v) is 14.8. The van der Waals surface area contributed by atoms with Gasteiger partial charge < -0.3 is 4.74 Å². The lowest BCUT2D eigenvalue weighted by Crippen LogP contribution is -2.54. The van der Waals surface area contributed by atoms with E-state index >= 15 is 0 Å². The Bertz CT molecular complexity index is 921. The first kappa shape index (κ1) is 39.0. The Labute approximate surface area is 293 Å². The van der Waals surface area contributed by atoms with Crippen molar-refractivity contribution in [3.05, 3.63) is 12.2 Å². The predicted molar refractivity (Wildman–Crippen MR) is 202 cm³/mol. The third kappa shape index (κ3) is 10.8. The average molecular weight is 653 g/mol. The second kappa shape index (κ2) is 19.6. The molecule has 0 radical (unpaired) electrons. The number of esters is 1. The molecule has 0 aromatic carbocycles. The number of carbonyl (C=O) groups is 1. The van der Waals surface area contributed by atoms with Gasteiger partial charge in [-0.05, 0) is 142 Å². The van der Waals surface area contributed by atoms with Crippen molar-refractivity contribution in [3.8, 4) is 0 Å². The molecular weight excluding hydrogens is 572 g/mol. The van der Waals surface area contributed by atoms with Crippen LogP contribution in [-0.2, 0) is 9.53 Å². The SMILES string of the molecule is CCCCCCCC/C=C\CCCCCCCC(=O)OC1CC[C@@]2(C)C(CC[C@H]3[C@@H]4CC[C@H]([C@H](C)CCCC(C)C)[C@@]4(C)CC[C@@H]32)C1. The van der Waals surface area contributed by atoms with Crippen LogP contribution in [0.5, 0.6) is 0 Å². The smallest absolute Gasteiger partial charge is 0.306 e. The lowest BCUT2D eigenvalue weighted by Gasteiger charge is -2.61. The van der Waals surface area contributed by atoms with Gasteiger partial charge in [0.15, 0.2) is 0 Å².